The molecule has 3 aromatic rings. The second kappa shape index (κ2) is 8.12. The number of hydrogen-bond donors (Lipinski definition) is 1. The summed E-state index contributed by atoms with van der Waals surface area (Å²) in [6.07, 6.45) is 2.96. The van der Waals surface area contributed by atoms with Crippen molar-refractivity contribution in [2.45, 2.75) is 32.6 Å². The Kier molecular flexibility index (Phi) is 5.66. The molecule has 1 N–H and O–H groups in total. The van der Waals surface area contributed by atoms with E-state index in [0.717, 1.165) is 35.0 Å². The van der Waals surface area contributed by atoms with Gasteiger partial charge in [-0.05, 0) is 12.0 Å². The molecule has 0 bridgehead atoms. The Balaban J connectivity index is 1.54. The molecule has 1 aromatic carbocycles. The highest BCUT2D eigenvalue weighted by molar-refractivity contribution is 7.15. The van der Waals surface area contributed by atoms with Gasteiger partial charge in [-0.15, -0.1) is 21.5 Å². The SMILES string of the molecule is CCCc1nnc(NC(=O)Cc2csc(Cc3ccccc3)n2)s1. The van der Waals surface area contributed by atoms with E-state index in [1.54, 1.807) is 11.3 Å². The molecule has 2 aromatic heterocycles. The van der Waals surface area contributed by atoms with Gasteiger partial charge in [0.25, 0.3) is 0 Å². The summed E-state index contributed by atoms with van der Waals surface area (Å²) in [5.41, 5.74) is 2.02. The molecule has 0 radical (unpaired) electrons. The lowest BCUT2D eigenvalue weighted by atomic mass is 10.2. The highest BCUT2D eigenvalue weighted by atomic mass is 32.1. The van der Waals surface area contributed by atoms with E-state index >= 15 is 0 Å². The number of anilines is 1. The minimum absolute atomic E-state index is 0.106. The van der Waals surface area contributed by atoms with E-state index in [9.17, 15) is 4.79 Å². The van der Waals surface area contributed by atoms with Crippen LogP contribution in [0.4, 0.5) is 5.13 Å². The second-order valence-corrected chi connectivity index (χ2v) is 7.38. The summed E-state index contributed by atoms with van der Waals surface area (Å²) in [5, 5.41) is 15.3. The molecule has 0 saturated carbocycles. The lowest BCUT2D eigenvalue weighted by molar-refractivity contribution is -0.115. The molecular formula is C17H18N4OS2. The first-order valence-electron chi connectivity index (χ1n) is 7.82. The average Bonchev–Trinajstić information content (AvgIpc) is 3.18. The van der Waals surface area contributed by atoms with Crippen molar-refractivity contribution in [1.82, 2.24) is 15.2 Å². The number of carbonyl (C=O) groups is 1. The smallest absolute Gasteiger partial charge is 0.232 e. The van der Waals surface area contributed by atoms with Crippen LogP contribution in [0.2, 0.25) is 0 Å². The van der Waals surface area contributed by atoms with Crippen molar-refractivity contribution in [2.75, 3.05) is 5.32 Å². The van der Waals surface area contributed by atoms with Crippen LogP contribution in [0, 0.1) is 0 Å². The van der Waals surface area contributed by atoms with Crippen LogP contribution in [0.1, 0.15) is 34.6 Å². The third kappa shape index (κ3) is 4.69. The fourth-order valence-corrected chi connectivity index (χ4v) is 3.91. The minimum atomic E-state index is -0.106. The largest absolute Gasteiger partial charge is 0.300 e. The van der Waals surface area contributed by atoms with Gasteiger partial charge in [0.05, 0.1) is 17.1 Å². The average molecular weight is 358 g/mol. The van der Waals surface area contributed by atoms with Gasteiger partial charge in [-0.1, -0.05) is 48.6 Å². The molecule has 124 valence electrons. The highest BCUT2D eigenvalue weighted by Crippen LogP contribution is 2.18. The zero-order valence-corrected chi connectivity index (χ0v) is 15.0. The van der Waals surface area contributed by atoms with Crippen molar-refractivity contribution in [3.63, 3.8) is 0 Å². The standard InChI is InChI=1S/C17H18N4OS2/c1-2-6-15-20-21-17(24-15)19-14(22)10-13-11-23-16(18-13)9-12-7-4-3-5-8-12/h3-5,7-8,11H,2,6,9-10H2,1H3,(H,19,21,22). The monoisotopic (exact) mass is 358 g/mol. The maximum atomic E-state index is 12.1. The highest BCUT2D eigenvalue weighted by Gasteiger charge is 2.11. The third-order valence-electron chi connectivity index (χ3n) is 3.32. The lowest BCUT2D eigenvalue weighted by Crippen LogP contribution is -2.14. The second-order valence-electron chi connectivity index (χ2n) is 5.37. The third-order valence-corrected chi connectivity index (χ3v) is 5.11. The number of aromatic nitrogens is 3. The van der Waals surface area contributed by atoms with Gasteiger partial charge in [0.15, 0.2) is 0 Å². The molecule has 0 aliphatic rings. The van der Waals surface area contributed by atoms with Gasteiger partial charge in [0, 0.05) is 18.2 Å². The first-order valence-corrected chi connectivity index (χ1v) is 9.52. The fraction of sp³-hybridized carbons (Fsp3) is 0.294. The zero-order chi connectivity index (χ0) is 16.8. The van der Waals surface area contributed by atoms with Crippen molar-refractivity contribution in [1.29, 1.82) is 0 Å². The van der Waals surface area contributed by atoms with Crippen molar-refractivity contribution >= 4 is 33.7 Å². The van der Waals surface area contributed by atoms with Crippen molar-refractivity contribution < 1.29 is 4.79 Å². The summed E-state index contributed by atoms with van der Waals surface area (Å²) in [6, 6.07) is 10.2. The number of hydrogen-bond acceptors (Lipinski definition) is 6. The maximum absolute atomic E-state index is 12.1. The predicted molar refractivity (Wildman–Crippen MR) is 97.6 cm³/mol. The van der Waals surface area contributed by atoms with Crippen LogP contribution in [0.5, 0.6) is 0 Å². The van der Waals surface area contributed by atoms with Crippen LogP contribution in [-0.2, 0) is 24.1 Å². The normalized spacial score (nSPS) is 10.7. The van der Waals surface area contributed by atoms with Crippen LogP contribution < -0.4 is 5.32 Å². The Morgan fingerprint density at radius 2 is 2.00 bits per heavy atom. The van der Waals surface area contributed by atoms with E-state index in [4.69, 9.17) is 0 Å². The Bertz CT molecular complexity index is 798. The molecule has 0 atom stereocenters. The van der Waals surface area contributed by atoms with E-state index in [0.29, 0.717) is 5.13 Å². The van der Waals surface area contributed by atoms with E-state index in [2.05, 4.69) is 39.6 Å². The van der Waals surface area contributed by atoms with Gasteiger partial charge in [-0.3, -0.25) is 4.79 Å². The van der Waals surface area contributed by atoms with Crippen LogP contribution >= 0.6 is 22.7 Å². The Hall–Kier alpha value is -2.12. The number of amides is 1. The van der Waals surface area contributed by atoms with Gasteiger partial charge in [-0.2, -0.15) is 0 Å². The molecule has 0 fully saturated rings. The topological polar surface area (TPSA) is 67.8 Å². The molecule has 0 unspecified atom stereocenters. The number of nitrogens with zero attached hydrogens (tertiary/aromatic N) is 3. The number of nitrogens with one attached hydrogen (secondary N) is 1. The maximum Gasteiger partial charge on any atom is 0.232 e. The molecule has 24 heavy (non-hydrogen) atoms. The molecule has 5 nitrogen and oxygen atoms in total. The Labute approximate surface area is 148 Å². The molecule has 2 heterocycles. The van der Waals surface area contributed by atoms with E-state index in [1.807, 2.05) is 23.6 Å². The molecule has 7 heteroatoms. The summed E-state index contributed by atoms with van der Waals surface area (Å²) in [4.78, 5) is 16.7. The molecule has 0 spiro atoms. The summed E-state index contributed by atoms with van der Waals surface area (Å²) in [6.45, 7) is 2.09. The summed E-state index contributed by atoms with van der Waals surface area (Å²) < 4.78 is 0. The van der Waals surface area contributed by atoms with Crippen LogP contribution in [0.25, 0.3) is 0 Å². The molecule has 0 aliphatic heterocycles. The van der Waals surface area contributed by atoms with Crippen molar-refractivity contribution in [2.24, 2.45) is 0 Å². The van der Waals surface area contributed by atoms with Gasteiger partial charge in [-0.25, -0.2) is 4.98 Å². The lowest BCUT2D eigenvalue weighted by Gasteiger charge is -1.98. The van der Waals surface area contributed by atoms with Crippen molar-refractivity contribution in [3.8, 4) is 0 Å². The number of thiazole rings is 1. The predicted octanol–water partition coefficient (Wildman–Crippen LogP) is 3.72. The number of benzene rings is 1. The Morgan fingerprint density at radius 3 is 2.79 bits per heavy atom. The van der Waals surface area contributed by atoms with Gasteiger partial charge in [0.1, 0.15) is 5.01 Å². The first-order chi connectivity index (χ1) is 11.7. The fourth-order valence-electron chi connectivity index (χ4n) is 2.23. The van der Waals surface area contributed by atoms with E-state index in [1.165, 1.54) is 16.9 Å². The minimum Gasteiger partial charge on any atom is -0.300 e. The van der Waals surface area contributed by atoms with Crippen molar-refractivity contribution in [3.05, 3.63) is 57.0 Å². The zero-order valence-electron chi connectivity index (χ0n) is 13.4. The quantitative estimate of drug-likeness (QED) is 0.699. The first kappa shape index (κ1) is 16.7. The summed E-state index contributed by atoms with van der Waals surface area (Å²) in [7, 11) is 0. The number of aryl methyl sites for hydroxylation is 1. The van der Waals surface area contributed by atoms with E-state index in [-0.39, 0.29) is 12.3 Å². The van der Waals surface area contributed by atoms with Gasteiger partial charge >= 0.3 is 0 Å². The van der Waals surface area contributed by atoms with Crippen LogP contribution in [0.15, 0.2) is 35.7 Å². The number of rotatable bonds is 7. The molecular weight excluding hydrogens is 340 g/mol. The van der Waals surface area contributed by atoms with Crippen LogP contribution in [-0.4, -0.2) is 21.1 Å². The van der Waals surface area contributed by atoms with Crippen LogP contribution in [0.3, 0.4) is 0 Å². The number of carbonyl (C=O) groups excluding carboxylic acids is 1. The summed E-state index contributed by atoms with van der Waals surface area (Å²) >= 11 is 3.02. The molecule has 0 saturated heterocycles. The van der Waals surface area contributed by atoms with Gasteiger partial charge in [0.2, 0.25) is 11.0 Å². The molecule has 0 aliphatic carbocycles. The summed E-state index contributed by atoms with van der Waals surface area (Å²) in [5.74, 6) is -0.106. The van der Waals surface area contributed by atoms with E-state index < -0.39 is 0 Å². The Morgan fingerprint density at radius 1 is 1.17 bits per heavy atom. The molecule has 1 amide bonds. The molecule has 3 rings (SSSR count). The van der Waals surface area contributed by atoms with Gasteiger partial charge < -0.3 is 5.32 Å².